The second-order valence-corrected chi connectivity index (χ2v) is 7.09. The third kappa shape index (κ3) is 5.00. The fourth-order valence-corrected chi connectivity index (χ4v) is 1.94. The molecule has 0 aromatic heterocycles. The van der Waals surface area contributed by atoms with Crippen LogP contribution in [-0.4, -0.2) is 27.2 Å². The molecule has 116 valence electrons. The van der Waals surface area contributed by atoms with E-state index in [4.69, 9.17) is 4.74 Å². The lowest BCUT2D eigenvalue weighted by atomic mass is 10.1. The third-order valence-corrected chi connectivity index (χ3v) is 3.70. The molecule has 0 unspecified atom stereocenters. The smallest absolute Gasteiger partial charge is 0.358 e. The molecule has 1 atom stereocenters. The first-order valence-electron chi connectivity index (χ1n) is 6.29. The van der Waals surface area contributed by atoms with Gasteiger partial charge in [0.2, 0.25) is 0 Å². The highest BCUT2D eigenvalue weighted by Crippen LogP contribution is 2.16. The molecule has 4 nitrogen and oxygen atoms in total. The van der Waals surface area contributed by atoms with Gasteiger partial charge in [0.05, 0.1) is 11.4 Å². The lowest BCUT2D eigenvalue weighted by molar-refractivity contribution is -0.134. The van der Waals surface area contributed by atoms with Crippen molar-refractivity contribution in [1.82, 2.24) is 0 Å². The molecule has 0 N–H and O–H groups in total. The van der Waals surface area contributed by atoms with Crippen LogP contribution in [0.2, 0.25) is 0 Å². The summed E-state index contributed by atoms with van der Waals surface area (Å²) in [6.45, 7) is 6.66. The van der Waals surface area contributed by atoms with Gasteiger partial charge < -0.3 is 4.74 Å². The Morgan fingerprint density at radius 2 is 1.76 bits per heavy atom. The van der Waals surface area contributed by atoms with Crippen LogP contribution >= 0.6 is 0 Å². The predicted molar refractivity (Wildman–Crippen MR) is 77.4 cm³/mol. The molecule has 0 amide bonds. The second kappa shape index (κ2) is 6.89. The number of carbonyl (C=O) groups excluding carboxylic acids is 1. The van der Waals surface area contributed by atoms with E-state index in [0.29, 0.717) is 6.07 Å². The Balaban J connectivity index is 3.35. The summed E-state index contributed by atoms with van der Waals surface area (Å²) in [6.07, 6.45) is 0. The topological polar surface area (TPSA) is 55.7 Å². The standard InChI is InChI=1S/C14H17F2NO3S/c1-5-20-13(18)12(17-21(19)14(2,3)4)9-6-10(15)8-11(16)7-9/h6-8H,5H2,1-4H3/b17-12+/t21-/m1/s1. The van der Waals surface area contributed by atoms with E-state index in [-0.39, 0.29) is 17.9 Å². The van der Waals surface area contributed by atoms with Gasteiger partial charge in [-0.1, -0.05) is 0 Å². The third-order valence-electron chi connectivity index (χ3n) is 2.30. The number of hydrogen-bond donors (Lipinski definition) is 0. The van der Waals surface area contributed by atoms with Gasteiger partial charge in [-0.05, 0) is 39.8 Å². The van der Waals surface area contributed by atoms with Crippen molar-refractivity contribution < 1.29 is 22.5 Å². The molecule has 0 fully saturated rings. The minimum Gasteiger partial charge on any atom is -0.461 e. The maximum Gasteiger partial charge on any atom is 0.358 e. The van der Waals surface area contributed by atoms with E-state index in [0.717, 1.165) is 12.1 Å². The van der Waals surface area contributed by atoms with Gasteiger partial charge in [0.15, 0.2) is 5.71 Å². The Morgan fingerprint density at radius 3 is 2.19 bits per heavy atom. The Hall–Kier alpha value is -1.63. The number of ether oxygens (including phenoxy) is 1. The zero-order chi connectivity index (χ0) is 16.2. The fraction of sp³-hybridized carbons (Fsp3) is 0.429. The van der Waals surface area contributed by atoms with Crippen molar-refractivity contribution in [1.29, 1.82) is 0 Å². The maximum absolute atomic E-state index is 13.3. The normalized spacial score (nSPS) is 13.9. The van der Waals surface area contributed by atoms with Crippen molar-refractivity contribution in [2.24, 2.45) is 4.40 Å². The van der Waals surface area contributed by atoms with Crippen molar-refractivity contribution in [3.05, 3.63) is 35.4 Å². The van der Waals surface area contributed by atoms with E-state index in [1.54, 1.807) is 27.7 Å². The van der Waals surface area contributed by atoms with E-state index in [1.165, 1.54) is 0 Å². The molecular formula is C14H17F2NO3S. The molecule has 1 aromatic rings. The lowest BCUT2D eigenvalue weighted by Crippen LogP contribution is -2.25. The molecule has 0 aliphatic carbocycles. The van der Waals surface area contributed by atoms with Crippen LogP contribution in [0.4, 0.5) is 8.78 Å². The van der Waals surface area contributed by atoms with Crippen LogP contribution in [0.1, 0.15) is 33.3 Å². The van der Waals surface area contributed by atoms with Crippen LogP contribution in [0.3, 0.4) is 0 Å². The minimum atomic E-state index is -1.76. The molecule has 0 heterocycles. The highest BCUT2D eigenvalue weighted by molar-refractivity contribution is 7.85. The number of benzene rings is 1. The molecular weight excluding hydrogens is 300 g/mol. The molecule has 7 heteroatoms. The van der Waals surface area contributed by atoms with Crippen LogP contribution in [-0.2, 0) is 20.5 Å². The quantitative estimate of drug-likeness (QED) is 0.634. The minimum absolute atomic E-state index is 0.0673. The SMILES string of the molecule is CCOC(=O)/C(=N/[S@](=O)C(C)(C)C)c1cc(F)cc(F)c1. The Morgan fingerprint density at radius 1 is 1.24 bits per heavy atom. The highest BCUT2D eigenvalue weighted by atomic mass is 32.2. The number of esters is 1. The van der Waals surface area contributed by atoms with Crippen molar-refractivity contribution in [2.45, 2.75) is 32.4 Å². The molecule has 0 aliphatic rings. The second-order valence-electron chi connectivity index (χ2n) is 5.18. The number of carbonyl (C=O) groups is 1. The summed E-state index contributed by atoms with van der Waals surface area (Å²) in [7, 11) is -1.76. The van der Waals surface area contributed by atoms with Crippen molar-refractivity contribution in [3.8, 4) is 0 Å². The summed E-state index contributed by atoms with van der Waals surface area (Å²) in [5.41, 5.74) is -0.466. The summed E-state index contributed by atoms with van der Waals surface area (Å²) >= 11 is 0. The number of hydrogen-bond acceptors (Lipinski definition) is 3. The number of halogens is 2. The predicted octanol–water partition coefficient (Wildman–Crippen LogP) is 2.78. The Labute approximate surface area is 124 Å². The summed E-state index contributed by atoms with van der Waals surface area (Å²) in [4.78, 5) is 11.9. The molecule has 0 aliphatic heterocycles. The van der Waals surface area contributed by atoms with E-state index in [9.17, 15) is 17.8 Å². The van der Waals surface area contributed by atoms with E-state index >= 15 is 0 Å². The van der Waals surface area contributed by atoms with Gasteiger partial charge in [0.25, 0.3) is 0 Å². The molecule has 1 aromatic carbocycles. The lowest BCUT2D eigenvalue weighted by Gasteiger charge is -2.15. The molecule has 0 saturated heterocycles. The Bertz CT molecular complexity index is 574. The van der Waals surface area contributed by atoms with E-state index < -0.39 is 33.3 Å². The molecule has 0 bridgehead atoms. The molecule has 1 rings (SSSR count). The van der Waals surface area contributed by atoms with Crippen LogP contribution in [0.15, 0.2) is 22.6 Å². The zero-order valence-electron chi connectivity index (χ0n) is 12.3. The van der Waals surface area contributed by atoms with Gasteiger partial charge in [-0.2, -0.15) is 4.40 Å². The first kappa shape index (κ1) is 17.4. The summed E-state index contributed by atoms with van der Waals surface area (Å²) in [5, 5.41) is 0. The maximum atomic E-state index is 13.3. The van der Waals surface area contributed by atoms with Crippen LogP contribution < -0.4 is 0 Å². The monoisotopic (exact) mass is 317 g/mol. The largest absolute Gasteiger partial charge is 0.461 e. The first-order chi connectivity index (χ1) is 9.65. The summed E-state index contributed by atoms with van der Waals surface area (Å²) in [6, 6.07) is 2.56. The highest BCUT2D eigenvalue weighted by Gasteiger charge is 2.24. The number of rotatable bonds is 4. The van der Waals surface area contributed by atoms with Crippen LogP contribution in [0.25, 0.3) is 0 Å². The Kier molecular flexibility index (Phi) is 5.71. The summed E-state index contributed by atoms with van der Waals surface area (Å²) < 4.78 is 46.5. The van der Waals surface area contributed by atoms with Gasteiger partial charge in [0, 0.05) is 11.6 Å². The first-order valence-corrected chi connectivity index (χ1v) is 7.40. The number of nitrogens with zero attached hydrogens (tertiary/aromatic N) is 1. The van der Waals surface area contributed by atoms with Gasteiger partial charge >= 0.3 is 5.97 Å². The van der Waals surface area contributed by atoms with Gasteiger partial charge in [0.1, 0.15) is 22.6 Å². The average Bonchev–Trinajstić information content (AvgIpc) is 2.33. The van der Waals surface area contributed by atoms with Crippen molar-refractivity contribution in [3.63, 3.8) is 0 Å². The fourth-order valence-electron chi connectivity index (χ4n) is 1.32. The summed E-state index contributed by atoms with van der Waals surface area (Å²) in [5.74, 6) is -2.59. The zero-order valence-corrected chi connectivity index (χ0v) is 13.1. The van der Waals surface area contributed by atoms with E-state index in [1.807, 2.05) is 0 Å². The van der Waals surface area contributed by atoms with Gasteiger partial charge in [-0.15, -0.1) is 0 Å². The van der Waals surface area contributed by atoms with Crippen molar-refractivity contribution in [2.75, 3.05) is 6.61 Å². The molecule has 0 saturated carbocycles. The molecule has 0 radical (unpaired) electrons. The van der Waals surface area contributed by atoms with E-state index in [2.05, 4.69) is 4.40 Å². The molecule has 0 spiro atoms. The molecule has 21 heavy (non-hydrogen) atoms. The van der Waals surface area contributed by atoms with Crippen LogP contribution in [0, 0.1) is 11.6 Å². The van der Waals surface area contributed by atoms with Crippen LogP contribution in [0.5, 0.6) is 0 Å². The van der Waals surface area contributed by atoms with Gasteiger partial charge in [-0.25, -0.2) is 17.8 Å². The van der Waals surface area contributed by atoms with Gasteiger partial charge in [-0.3, -0.25) is 0 Å². The van der Waals surface area contributed by atoms with Crippen molar-refractivity contribution >= 4 is 22.7 Å². The average molecular weight is 317 g/mol.